The van der Waals surface area contributed by atoms with Crippen LogP contribution in [-0.2, 0) is 4.74 Å². The van der Waals surface area contributed by atoms with Gasteiger partial charge in [-0.2, -0.15) is 0 Å². The Labute approximate surface area is 107 Å². The van der Waals surface area contributed by atoms with Crippen molar-refractivity contribution in [3.63, 3.8) is 0 Å². The molecule has 0 spiro atoms. The van der Waals surface area contributed by atoms with Gasteiger partial charge in [0.2, 0.25) is 0 Å². The lowest BCUT2D eigenvalue weighted by Crippen LogP contribution is -2.31. The lowest BCUT2D eigenvalue weighted by molar-refractivity contribution is 0.0532. The number of nitrogens with two attached hydrogens (primary N) is 1. The Morgan fingerprint density at radius 1 is 1.50 bits per heavy atom. The summed E-state index contributed by atoms with van der Waals surface area (Å²) in [5.41, 5.74) is 6.12. The van der Waals surface area contributed by atoms with Crippen LogP contribution in [0.25, 0.3) is 0 Å². The van der Waals surface area contributed by atoms with Crippen LogP contribution in [0.5, 0.6) is 0 Å². The highest BCUT2D eigenvalue weighted by atomic mass is 19.1. The molecule has 0 saturated carbocycles. The Hall–Kier alpha value is -1.62. The molecular formula is C13H19FN2O2. The van der Waals surface area contributed by atoms with Crippen LogP contribution in [0.3, 0.4) is 0 Å². The zero-order valence-electron chi connectivity index (χ0n) is 10.9. The lowest BCUT2D eigenvalue weighted by atomic mass is 10.1. The van der Waals surface area contributed by atoms with Crippen LogP contribution in [0.2, 0.25) is 0 Å². The van der Waals surface area contributed by atoms with Crippen molar-refractivity contribution in [1.29, 1.82) is 0 Å². The van der Waals surface area contributed by atoms with Gasteiger partial charge in [-0.1, -0.05) is 0 Å². The van der Waals surface area contributed by atoms with Gasteiger partial charge in [-0.3, -0.25) is 4.79 Å². The third-order valence-corrected chi connectivity index (χ3v) is 2.47. The zero-order valence-corrected chi connectivity index (χ0v) is 10.9. The van der Waals surface area contributed by atoms with Gasteiger partial charge in [-0.15, -0.1) is 0 Å². The molecule has 100 valence electrons. The molecule has 0 aliphatic heterocycles. The van der Waals surface area contributed by atoms with E-state index in [4.69, 9.17) is 10.5 Å². The van der Waals surface area contributed by atoms with Gasteiger partial charge in [-0.25, -0.2) is 4.39 Å². The predicted octanol–water partition coefficient (Wildman–Crippen LogP) is 1.90. The van der Waals surface area contributed by atoms with E-state index in [1.54, 1.807) is 7.05 Å². The maximum absolute atomic E-state index is 13.1. The van der Waals surface area contributed by atoms with E-state index >= 15 is 0 Å². The largest absolute Gasteiger partial charge is 0.398 e. The minimum atomic E-state index is -0.473. The summed E-state index contributed by atoms with van der Waals surface area (Å²) >= 11 is 0. The van der Waals surface area contributed by atoms with Crippen LogP contribution < -0.4 is 5.73 Å². The number of benzene rings is 1. The molecule has 1 amide bonds. The van der Waals surface area contributed by atoms with Crippen LogP contribution in [0.1, 0.15) is 24.2 Å². The molecule has 2 N–H and O–H groups in total. The average molecular weight is 254 g/mol. The van der Waals surface area contributed by atoms with Crippen LogP contribution >= 0.6 is 0 Å². The van der Waals surface area contributed by atoms with Gasteiger partial charge in [0.25, 0.3) is 5.91 Å². The Morgan fingerprint density at radius 3 is 2.78 bits per heavy atom. The van der Waals surface area contributed by atoms with Crippen molar-refractivity contribution >= 4 is 11.6 Å². The van der Waals surface area contributed by atoms with E-state index in [0.717, 1.165) is 6.07 Å². The van der Waals surface area contributed by atoms with Crippen LogP contribution in [-0.4, -0.2) is 37.1 Å². The summed E-state index contributed by atoms with van der Waals surface area (Å²) in [5, 5.41) is 0. The fourth-order valence-corrected chi connectivity index (χ4v) is 1.45. The molecule has 5 heteroatoms. The smallest absolute Gasteiger partial charge is 0.255 e. The van der Waals surface area contributed by atoms with Crippen molar-refractivity contribution in [2.75, 3.05) is 25.9 Å². The number of ether oxygens (including phenoxy) is 1. The monoisotopic (exact) mass is 254 g/mol. The first kappa shape index (κ1) is 14.4. The number of carbonyl (C=O) groups is 1. The molecule has 0 unspecified atom stereocenters. The quantitative estimate of drug-likeness (QED) is 0.816. The van der Waals surface area contributed by atoms with Crippen molar-refractivity contribution in [3.05, 3.63) is 29.6 Å². The Balaban J connectivity index is 2.65. The summed E-state index contributed by atoms with van der Waals surface area (Å²) in [6.07, 6.45) is 0.118. The number of anilines is 1. The van der Waals surface area contributed by atoms with Crippen molar-refractivity contribution in [2.24, 2.45) is 0 Å². The van der Waals surface area contributed by atoms with Crippen LogP contribution in [0.15, 0.2) is 18.2 Å². The van der Waals surface area contributed by atoms with E-state index in [2.05, 4.69) is 0 Å². The van der Waals surface area contributed by atoms with Gasteiger partial charge in [0.1, 0.15) is 5.82 Å². The lowest BCUT2D eigenvalue weighted by Gasteiger charge is -2.19. The second-order valence-corrected chi connectivity index (χ2v) is 4.38. The molecule has 0 aromatic heterocycles. The molecular weight excluding hydrogens is 235 g/mol. The number of rotatable bonds is 5. The molecule has 1 aromatic rings. The molecule has 0 bridgehead atoms. The molecule has 4 nitrogen and oxygen atoms in total. The molecule has 0 aliphatic rings. The minimum Gasteiger partial charge on any atom is -0.398 e. The van der Waals surface area contributed by atoms with E-state index in [1.165, 1.54) is 17.0 Å². The van der Waals surface area contributed by atoms with Crippen LogP contribution in [0, 0.1) is 5.82 Å². The second-order valence-electron chi connectivity index (χ2n) is 4.38. The number of likely N-dealkylation sites (N-methyl/N-ethyl adjacent to an activating group) is 1. The highest BCUT2D eigenvalue weighted by molar-refractivity contribution is 5.98. The second kappa shape index (κ2) is 6.35. The van der Waals surface area contributed by atoms with Crippen LogP contribution in [0.4, 0.5) is 10.1 Å². The molecule has 0 fully saturated rings. The van der Waals surface area contributed by atoms with E-state index in [9.17, 15) is 9.18 Å². The summed E-state index contributed by atoms with van der Waals surface area (Å²) in [7, 11) is 1.64. The van der Waals surface area contributed by atoms with Gasteiger partial charge in [0, 0.05) is 19.3 Å². The predicted molar refractivity (Wildman–Crippen MR) is 68.9 cm³/mol. The van der Waals surface area contributed by atoms with Crippen molar-refractivity contribution < 1.29 is 13.9 Å². The normalized spacial score (nSPS) is 10.7. The van der Waals surface area contributed by atoms with E-state index < -0.39 is 5.82 Å². The van der Waals surface area contributed by atoms with Crippen molar-refractivity contribution in [1.82, 2.24) is 4.90 Å². The molecule has 0 radical (unpaired) electrons. The number of hydrogen-bond acceptors (Lipinski definition) is 3. The van der Waals surface area contributed by atoms with Gasteiger partial charge in [-0.05, 0) is 32.0 Å². The molecule has 0 saturated heterocycles. The molecule has 18 heavy (non-hydrogen) atoms. The Morgan fingerprint density at radius 2 is 2.17 bits per heavy atom. The molecule has 0 atom stereocenters. The Bertz CT molecular complexity index is 421. The minimum absolute atomic E-state index is 0.118. The number of nitrogen functional groups attached to an aromatic ring is 1. The highest BCUT2D eigenvalue weighted by Crippen LogP contribution is 2.15. The topological polar surface area (TPSA) is 55.6 Å². The molecule has 0 heterocycles. The summed E-state index contributed by atoms with van der Waals surface area (Å²) in [6, 6.07) is 3.77. The number of amides is 1. The molecule has 1 rings (SSSR count). The van der Waals surface area contributed by atoms with Crippen molar-refractivity contribution in [2.45, 2.75) is 20.0 Å². The molecule has 0 aliphatic carbocycles. The third kappa shape index (κ3) is 4.00. The standard InChI is InChI=1S/C13H19FN2O2/c1-9(2)18-7-6-16(3)13(17)11-8-10(14)4-5-12(11)15/h4-5,8-9H,6-7,15H2,1-3H3. The summed E-state index contributed by atoms with van der Waals surface area (Å²) < 4.78 is 18.4. The number of halogens is 1. The summed E-state index contributed by atoms with van der Waals surface area (Å²) in [4.78, 5) is 13.5. The SMILES string of the molecule is CC(C)OCCN(C)C(=O)c1cc(F)ccc1N. The van der Waals surface area contributed by atoms with E-state index in [-0.39, 0.29) is 23.3 Å². The number of nitrogens with zero attached hydrogens (tertiary/aromatic N) is 1. The van der Waals surface area contributed by atoms with Gasteiger partial charge >= 0.3 is 0 Å². The number of hydrogen-bond donors (Lipinski definition) is 1. The highest BCUT2D eigenvalue weighted by Gasteiger charge is 2.15. The molecule has 1 aromatic carbocycles. The first-order valence-corrected chi connectivity index (χ1v) is 5.84. The third-order valence-electron chi connectivity index (χ3n) is 2.47. The maximum Gasteiger partial charge on any atom is 0.255 e. The van der Waals surface area contributed by atoms with E-state index in [1.807, 2.05) is 13.8 Å². The van der Waals surface area contributed by atoms with Gasteiger partial charge < -0.3 is 15.4 Å². The fourth-order valence-electron chi connectivity index (χ4n) is 1.45. The Kier molecular flexibility index (Phi) is 5.09. The first-order valence-electron chi connectivity index (χ1n) is 5.84. The van der Waals surface area contributed by atoms with Crippen molar-refractivity contribution in [3.8, 4) is 0 Å². The number of carbonyl (C=O) groups excluding carboxylic acids is 1. The maximum atomic E-state index is 13.1. The zero-order chi connectivity index (χ0) is 13.7. The van der Waals surface area contributed by atoms with E-state index in [0.29, 0.717) is 13.2 Å². The van der Waals surface area contributed by atoms with Gasteiger partial charge in [0.15, 0.2) is 0 Å². The first-order chi connectivity index (χ1) is 8.41. The summed E-state index contributed by atoms with van der Waals surface area (Å²) in [6.45, 7) is 4.72. The fraction of sp³-hybridized carbons (Fsp3) is 0.462. The average Bonchev–Trinajstić information content (AvgIpc) is 2.30. The summed E-state index contributed by atoms with van der Waals surface area (Å²) in [5.74, 6) is -0.779. The van der Waals surface area contributed by atoms with Gasteiger partial charge in [0.05, 0.1) is 18.3 Å².